The van der Waals surface area contributed by atoms with E-state index in [9.17, 15) is 14.4 Å². The van der Waals surface area contributed by atoms with Crippen LogP contribution < -0.4 is 5.32 Å². The van der Waals surface area contributed by atoms with Crippen LogP contribution in [0.4, 0.5) is 0 Å². The molecule has 0 saturated heterocycles. The molecule has 2 rings (SSSR count). The predicted molar refractivity (Wildman–Crippen MR) is 103 cm³/mol. The van der Waals surface area contributed by atoms with Crippen LogP contribution in [-0.4, -0.2) is 24.0 Å². The van der Waals surface area contributed by atoms with Crippen LogP contribution in [0, 0.1) is 0 Å². The highest BCUT2D eigenvalue weighted by molar-refractivity contribution is 6.30. The molecular weight excluding hydrogens is 350 g/mol. The second-order valence-corrected chi connectivity index (χ2v) is 7.03. The monoisotopic (exact) mass is 373 g/mol. The topological polar surface area (TPSA) is 63.2 Å². The van der Waals surface area contributed by atoms with Gasteiger partial charge in [-0.05, 0) is 57.7 Å². The van der Waals surface area contributed by atoms with Crippen molar-refractivity contribution in [2.45, 2.75) is 46.5 Å². The largest absolute Gasteiger partial charge is 0.356 e. The van der Waals surface area contributed by atoms with Gasteiger partial charge in [-0.1, -0.05) is 23.7 Å². The summed E-state index contributed by atoms with van der Waals surface area (Å²) in [7, 11) is 0. The van der Waals surface area contributed by atoms with E-state index < -0.39 is 0 Å². The Bertz CT molecular complexity index is 805. The second kappa shape index (κ2) is 8.95. The number of hydrogen-bond donors (Lipinski definition) is 1. The van der Waals surface area contributed by atoms with Gasteiger partial charge in [0.25, 0.3) is 0 Å². The number of Topliss-reactive ketones (excluding diaryl/α,β-unsaturated/α-hetero) is 2. The van der Waals surface area contributed by atoms with E-state index >= 15 is 0 Å². The summed E-state index contributed by atoms with van der Waals surface area (Å²) in [5.74, 6) is -0.188. The molecule has 26 heavy (non-hydrogen) atoms. The zero-order valence-electron chi connectivity index (χ0n) is 15.4. The molecule has 1 aliphatic carbocycles. The minimum atomic E-state index is -0.0686. The Kier molecular flexibility index (Phi) is 6.92. The van der Waals surface area contributed by atoms with Gasteiger partial charge in [0.1, 0.15) is 0 Å². The highest BCUT2D eigenvalue weighted by Gasteiger charge is 2.27. The molecule has 1 aromatic rings. The normalized spacial score (nSPS) is 14.9. The number of halogens is 1. The molecule has 5 heteroatoms. The first-order valence-corrected chi connectivity index (χ1v) is 9.16. The van der Waals surface area contributed by atoms with Gasteiger partial charge in [-0.2, -0.15) is 0 Å². The third-order valence-electron chi connectivity index (χ3n) is 4.77. The fourth-order valence-electron chi connectivity index (χ4n) is 3.01. The molecule has 1 amide bonds. The molecule has 1 aliphatic rings. The molecule has 1 N–H and O–H groups in total. The molecule has 0 saturated carbocycles. The van der Waals surface area contributed by atoms with Crippen molar-refractivity contribution >= 4 is 29.1 Å². The number of hydrogen-bond acceptors (Lipinski definition) is 3. The molecule has 4 nitrogen and oxygen atoms in total. The van der Waals surface area contributed by atoms with Crippen molar-refractivity contribution in [3.63, 3.8) is 0 Å². The predicted octanol–water partition coefficient (Wildman–Crippen LogP) is 3.97. The molecule has 0 aliphatic heterocycles. The van der Waals surface area contributed by atoms with Crippen LogP contribution in [0.2, 0.25) is 5.02 Å². The molecule has 0 spiro atoms. The van der Waals surface area contributed by atoms with Gasteiger partial charge >= 0.3 is 0 Å². The Hall–Kier alpha value is -2.20. The van der Waals surface area contributed by atoms with Crippen molar-refractivity contribution < 1.29 is 14.4 Å². The lowest BCUT2D eigenvalue weighted by atomic mass is 9.84. The van der Waals surface area contributed by atoms with Crippen molar-refractivity contribution in [2.75, 3.05) is 6.54 Å². The number of carbonyl (C=O) groups is 3. The number of carbonyl (C=O) groups excluding carboxylic acids is 3. The zero-order chi connectivity index (χ0) is 19.3. The lowest BCUT2D eigenvalue weighted by Crippen LogP contribution is -2.25. The van der Waals surface area contributed by atoms with E-state index in [2.05, 4.69) is 5.32 Å². The molecule has 0 unspecified atom stereocenters. The first-order chi connectivity index (χ1) is 12.3. The Morgan fingerprint density at radius 2 is 1.69 bits per heavy atom. The van der Waals surface area contributed by atoms with Crippen LogP contribution in [0.3, 0.4) is 0 Å². The van der Waals surface area contributed by atoms with Crippen LogP contribution >= 0.6 is 11.6 Å². The zero-order valence-corrected chi connectivity index (χ0v) is 16.2. The lowest BCUT2D eigenvalue weighted by molar-refractivity contribution is -0.121. The maximum Gasteiger partial charge on any atom is 0.220 e. The minimum Gasteiger partial charge on any atom is -0.356 e. The summed E-state index contributed by atoms with van der Waals surface area (Å²) in [5.41, 5.74) is 3.17. The molecule has 0 aromatic heterocycles. The third kappa shape index (κ3) is 4.92. The number of nitrogens with one attached hydrogen (secondary N) is 1. The van der Waals surface area contributed by atoms with E-state index in [-0.39, 0.29) is 17.5 Å². The highest BCUT2D eigenvalue weighted by atomic mass is 35.5. The van der Waals surface area contributed by atoms with E-state index in [1.807, 2.05) is 24.3 Å². The maximum atomic E-state index is 12.3. The molecule has 0 bridgehead atoms. The lowest BCUT2D eigenvalue weighted by Gasteiger charge is -2.18. The SMILES string of the molecule is CC1=C(C)C(=O)C(CCCC(=O)NCCc2cccc(Cl)c2)=C(C)C1=O. The van der Waals surface area contributed by atoms with E-state index in [1.54, 1.807) is 20.8 Å². The summed E-state index contributed by atoms with van der Waals surface area (Å²) in [6, 6.07) is 7.55. The summed E-state index contributed by atoms with van der Waals surface area (Å²) >= 11 is 5.94. The van der Waals surface area contributed by atoms with Crippen LogP contribution in [0.15, 0.2) is 46.6 Å². The smallest absolute Gasteiger partial charge is 0.220 e. The summed E-state index contributed by atoms with van der Waals surface area (Å²) in [4.78, 5) is 36.4. The van der Waals surface area contributed by atoms with Crippen molar-refractivity contribution in [1.82, 2.24) is 5.32 Å². The fraction of sp³-hybridized carbons (Fsp3) is 0.381. The quantitative estimate of drug-likeness (QED) is 0.735. The van der Waals surface area contributed by atoms with Gasteiger partial charge in [-0.3, -0.25) is 14.4 Å². The average Bonchev–Trinajstić information content (AvgIpc) is 2.61. The van der Waals surface area contributed by atoms with Crippen LogP contribution in [0.5, 0.6) is 0 Å². The van der Waals surface area contributed by atoms with Gasteiger partial charge in [0.2, 0.25) is 5.91 Å². The van der Waals surface area contributed by atoms with E-state index in [0.29, 0.717) is 59.5 Å². The maximum absolute atomic E-state index is 12.3. The van der Waals surface area contributed by atoms with Gasteiger partial charge in [-0.25, -0.2) is 0 Å². The van der Waals surface area contributed by atoms with Crippen LogP contribution in [-0.2, 0) is 20.8 Å². The van der Waals surface area contributed by atoms with Crippen molar-refractivity contribution in [1.29, 1.82) is 0 Å². The van der Waals surface area contributed by atoms with Crippen molar-refractivity contribution in [3.8, 4) is 0 Å². The molecule has 0 radical (unpaired) electrons. The first kappa shape index (κ1) is 20.1. The van der Waals surface area contributed by atoms with Gasteiger partial charge in [0.05, 0.1) is 0 Å². The Morgan fingerprint density at radius 3 is 2.38 bits per heavy atom. The molecule has 0 atom stereocenters. The molecular formula is C21H24ClNO3. The number of allylic oxidation sites excluding steroid dienone is 4. The fourth-order valence-corrected chi connectivity index (χ4v) is 3.22. The highest BCUT2D eigenvalue weighted by Crippen LogP contribution is 2.27. The molecule has 0 fully saturated rings. The van der Waals surface area contributed by atoms with Gasteiger partial charge in [0.15, 0.2) is 11.6 Å². The summed E-state index contributed by atoms with van der Waals surface area (Å²) in [6.45, 7) is 5.60. The third-order valence-corrected chi connectivity index (χ3v) is 5.00. The first-order valence-electron chi connectivity index (χ1n) is 8.79. The van der Waals surface area contributed by atoms with Gasteiger partial charge in [0, 0.05) is 40.3 Å². The number of amides is 1. The Labute approximate surface area is 159 Å². The second-order valence-electron chi connectivity index (χ2n) is 6.60. The van der Waals surface area contributed by atoms with Crippen molar-refractivity contribution in [3.05, 3.63) is 57.1 Å². The van der Waals surface area contributed by atoms with E-state index in [4.69, 9.17) is 11.6 Å². The minimum absolute atomic E-state index is 0.0525. The molecule has 138 valence electrons. The molecule has 1 aromatic carbocycles. The number of ketones is 2. The number of rotatable bonds is 7. The molecule has 0 heterocycles. The summed E-state index contributed by atoms with van der Waals surface area (Å²) in [5, 5.41) is 3.56. The van der Waals surface area contributed by atoms with Crippen molar-refractivity contribution in [2.24, 2.45) is 0 Å². The van der Waals surface area contributed by atoms with Crippen LogP contribution in [0.1, 0.15) is 45.6 Å². The van der Waals surface area contributed by atoms with Gasteiger partial charge in [-0.15, -0.1) is 0 Å². The summed E-state index contributed by atoms with van der Waals surface area (Å²) in [6.07, 6.45) is 2.03. The van der Waals surface area contributed by atoms with E-state index in [0.717, 1.165) is 5.56 Å². The van der Waals surface area contributed by atoms with Gasteiger partial charge < -0.3 is 5.32 Å². The summed E-state index contributed by atoms with van der Waals surface area (Å²) < 4.78 is 0. The standard InChI is InChI=1S/C21H24ClNO3/c1-13-14(2)21(26)18(15(3)20(13)25)8-5-9-19(24)23-11-10-16-6-4-7-17(22)12-16/h4,6-7,12H,5,8-11H2,1-3H3,(H,23,24). The average molecular weight is 374 g/mol. The van der Waals surface area contributed by atoms with E-state index in [1.165, 1.54) is 0 Å². The Balaban J connectivity index is 1.78. The Morgan fingerprint density at radius 1 is 1.00 bits per heavy atom. The van der Waals surface area contributed by atoms with Crippen LogP contribution in [0.25, 0.3) is 0 Å². The number of benzene rings is 1.